The summed E-state index contributed by atoms with van der Waals surface area (Å²) in [4.78, 5) is 12.2. The van der Waals surface area contributed by atoms with Gasteiger partial charge in [-0.15, -0.1) is 5.11 Å². The second-order valence-corrected chi connectivity index (χ2v) is 4.65. The van der Waals surface area contributed by atoms with Crippen molar-refractivity contribution >= 4 is 17.3 Å². The Hall–Kier alpha value is -3.15. The van der Waals surface area contributed by atoms with Crippen LogP contribution in [0, 0.1) is 0 Å². The lowest BCUT2D eigenvalue weighted by Gasteiger charge is -2.06. The quantitative estimate of drug-likeness (QED) is 0.493. The maximum atomic E-state index is 12.2. The van der Waals surface area contributed by atoms with Crippen LogP contribution >= 0.6 is 0 Å². The molecule has 0 saturated heterocycles. The van der Waals surface area contributed by atoms with E-state index < -0.39 is 5.91 Å². The lowest BCUT2D eigenvalue weighted by molar-refractivity contribution is -0.113. The average Bonchev–Trinajstić information content (AvgIpc) is 2.56. The van der Waals surface area contributed by atoms with Gasteiger partial charge in [-0.1, -0.05) is 18.2 Å². The summed E-state index contributed by atoms with van der Waals surface area (Å²) in [5.41, 5.74) is 0.998. The van der Waals surface area contributed by atoms with Gasteiger partial charge in [0.25, 0.3) is 5.91 Å². The van der Waals surface area contributed by atoms with Crippen LogP contribution in [-0.4, -0.2) is 18.1 Å². The van der Waals surface area contributed by atoms with E-state index in [4.69, 9.17) is 4.74 Å². The molecule has 118 valence electrons. The largest absolute Gasteiger partial charge is 0.510 e. The molecule has 0 aliphatic carbocycles. The smallest absolute Gasteiger partial charge is 0.279 e. The number of carbonyl (C=O) groups is 1. The SMILES string of the molecule is COc1ccc(NC(=O)/C(N=Nc2ccccc2)=C(/C)O)cc1. The van der Waals surface area contributed by atoms with Crippen LogP contribution in [0.5, 0.6) is 5.75 Å². The Morgan fingerprint density at radius 2 is 1.74 bits per heavy atom. The van der Waals surface area contributed by atoms with Crippen LogP contribution in [0.2, 0.25) is 0 Å². The van der Waals surface area contributed by atoms with Crippen molar-refractivity contribution < 1.29 is 14.6 Å². The summed E-state index contributed by atoms with van der Waals surface area (Å²) in [6, 6.07) is 15.8. The lowest BCUT2D eigenvalue weighted by atomic mass is 10.3. The molecule has 0 saturated carbocycles. The number of allylic oxidation sites excluding steroid dienone is 1. The number of anilines is 1. The van der Waals surface area contributed by atoms with E-state index in [9.17, 15) is 9.90 Å². The highest BCUT2D eigenvalue weighted by Gasteiger charge is 2.13. The molecular weight excluding hydrogens is 294 g/mol. The van der Waals surface area contributed by atoms with Crippen molar-refractivity contribution in [1.29, 1.82) is 0 Å². The van der Waals surface area contributed by atoms with Crippen LogP contribution in [0.1, 0.15) is 6.92 Å². The summed E-state index contributed by atoms with van der Waals surface area (Å²) >= 11 is 0. The van der Waals surface area contributed by atoms with Crippen LogP contribution in [-0.2, 0) is 4.79 Å². The molecule has 0 atom stereocenters. The fraction of sp³-hybridized carbons (Fsp3) is 0.118. The average molecular weight is 311 g/mol. The molecule has 0 aliphatic heterocycles. The number of aliphatic hydroxyl groups excluding tert-OH is 1. The number of amides is 1. The number of ether oxygens (including phenoxy) is 1. The van der Waals surface area contributed by atoms with Crippen molar-refractivity contribution in [2.24, 2.45) is 10.2 Å². The summed E-state index contributed by atoms with van der Waals surface area (Å²) in [7, 11) is 1.56. The molecule has 0 aromatic heterocycles. The van der Waals surface area contributed by atoms with Gasteiger partial charge in [-0.2, -0.15) is 5.11 Å². The van der Waals surface area contributed by atoms with E-state index in [1.807, 2.05) is 6.07 Å². The number of methoxy groups -OCH3 is 1. The van der Waals surface area contributed by atoms with Crippen LogP contribution < -0.4 is 10.1 Å². The first kappa shape index (κ1) is 16.2. The summed E-state index contributed by atoms with van der Waals surface area (Å²) in [5, 5.41) is 20.1. The van der Waals surface area contributed by atoms with E-state index in [1.54, 1.807) is 55.6 Å². The molecule has 0 fully saturated rings. The molecule has 0 unspecified atom stereocenters. The molecule has 1 amide bonds. The molecule has 2 aromatic rings. The zero-order valence-electron chi connectivity index (χ0n) is 12.9. The molecule has 6 nitrogen and oxygen atoms in total. The molecule has 0 heterocycles. The Morgan fingerprint density at radius 3 is 2.30 bits per heavy atom. The van der Waals surface area contributed by atoms with E-state index in [0.29, 0.717) is 17.1 Å². The molecule has 2 aromatic carbocycles. The van der Waals surface area contributed by atoms with Crippen LogP contribution in [0.4, 0.5) is 11.4 Å². The molecule has 6 heteroatoms. The van der Waals surface area contributed by atoms with Crippen LogP contribution in [0.15, 0.2) is 76.3 Å². The van der Waals surface area contributed by atoms with Gasteiger partial charge in [0.2, 0.25) is 0 Å². The summed E-state index contributed by atoms with van der Waals surface area (Å²) in [6.07, 6.45) is 0. The van der Waals surface area contributed by atoms with E-state index >= 15 is 0 Å². The molecular formula is C17H17N3O3. The lowest BCUT2D eigenvalue weighted by Crippen LogP contribution is -2.14. The molecule has 0 spiro atoms. The zero-order chi connectivity index (χ0) is 16.7. The highest BCUT2D eigenvalue weighted by atomic mass is 16.5. The van der Waals surface area contributed by atoms with Gasteiger partial charge >= 0.3 is 0 Å². The number of carbonyl (C=O) groups excluding carboxylic acids is 1. The third kappa shape index (κ3) is 4.67. The monoisotopic (exact) mass is 311 g/mol. The number of hydrogen-bond donors (Lipinski definition) is 2. The maximum Gasteiger partial charge on any atom is 0.279 e. The number of nitrogens with one attached hydrogen (secondary N) is 1. The number of azo groups is 1. The van der Waals surface area contributed by atoms with Gasteiger partial charge in [0.05, 0.1) is 12.8 Å². The minimum absolute atomic E-state index is 0.148. The first-order valence-electron chi connectivity index (χ1n) is 6.92. The van der Waals surface area contributed by atoms with Gasteiger partial charge in [-0.3, -0.25) is 4.79 Å². The van der Waals surface area contributed by atoms with Crippen molar-refractivity contribution in [2.45, 2.75) is 6.92 Å². The third-order valence-corrected chi connectivity index (χ3v) is 2.93. The first-order valence-corrected chi connectivity index (χ1v) is 6.92. The van der Waals surface area contributed by atoms with Crippen molar-refractivity contribution in [3.8, 4) is 5.75 Å². The molecule has 2 N–H and O–H groups in total. The summed E-state index contributed by atoms with van der Waals surface area (Å²) in [6.45, 7) is 1.38. The topological polar surface area (TPSA) is 83.3 Å². The zero-order valence-corrected chi connectivity index (χ0v) is 12.9. The van der Waals surface area contributed by atoms with Crippen molar-refractivity contribution in [3.63, 3.8) is 0 Å². The minimum Gasteiger partial charge on any atom is -0.510 e. The van der Waals surface area contributed by atoms with Crippen molar-refractivity contribution in [2.75, 3.05) is 12.4 Å². The second kappa shape index (κ2) is 7.74. The molecule has 2 rings (SSSR count). The Labute approximate surface area is 134 Å². The highest BCUT2D eigenvalue weighted by Crippen LogP contribution is 2.18. The Balaban J connectivity index is 2.13. The number of aliphatic hydroxyl groups is 1. The molecule has 23 heavy (non-hydrogen) atoms. The third-order valence-electron chi connectivity index (χ3n) is 2.93. The van der Waals surface area contributed by atoms with Crippen LogP contribution in [0.3, 0.4) is 0 Å². The fourth-order valence-electron chi connectivity index (χ4n) is 1.75. The normalized spacial score (nSPS) is 11.9. The van der Waals surface area contributed by atoms with Crippen LogP contribution in [0.25, 0.3) is 0 Å². The van der Waals surface area contributed by atoms with E-state index in [2.05, 4.69) is 15.5 Å². The second-order valence-electron chi connectivity index (χ2n) is 4.65. The Kier molecular flexibility index (Phi) is 5.46. The van der Waals surface area contributed by atoms with Crippen molar-refractivity contribution in [3.05, 3.63) is 66.1 Å². The first-order chi connectivity index (χ1) is 11.1. The predicted molar refractivity (Wildman–Crippen MR) is 87.9 cm³/mol. The molecule has 0 aliphatic rings. The number of nitrogens with zero attached hydrogens (tertiary/aromatic N) is 2. The van der Waals surface area contributed by atoms with Gasteiger partial charge in [0.1, 0.15) is 11.5 Å². The maximum absolute atomic E-state index is 12.2. The van der Waals surface area contributed by atoms with E-state index in [0.717, 1.165) is 0 Å². The summed E-state index contributed by atoms with van der Waals surface area (Å²) in [5.74, 6) is -0.0774. The van der Waals surface area contributed by atoms with Gasteiger partial charge in [0, 0.05) is 5.69 Å². The van der Waals surface area contributed by atoms with Gasteiger partial charge in [-0.05, 0) is 43.3 Å². The van der Waals surface area contributed by atoms with Crippen molar-refractivity contribution in [1.82, 2.24) is 0 Å². The predicted octanol–water partition coefficient (Wildman–Crippen LogP) is 4.21. The van der Waals surface area contributed by atoms with Gasteiger partial charge in [0.15, 0.2) is 5.70 Å². The van der Waals surface area contributed by atoms with Gasteiger partial charge in [-0.25, -0.2) is 0 Å². The fourth-order valence-corrected chi connectivity index (χ4v) is 1.75. The number of benzene rings is 2. The van der Waals surface area contributed by atoms with E-state index in [-0.39, 0.29) is 11.5 Å². The Bertz CT molecular complexity index is 719. The van der Waals surface area contributed by atoms with E-state index in [1.165, 1.54) is 6.92 Å². The minimum atomic E-state index is -0.546. The van der Waals surface area contributed by atoms with Gasteiger partial charge < -0.3 is 15.2 Å². The highest BCUT2D eigenvalue weighted by molar-refractivity contribution is 6.03. The number of hydrogen-bond acceptors (Lipinski definition) is 5. The molecule has 0 radical (unpaired) electrons. The summed E-state index contributed by atoms with van der Waals surface area (Å²) < 4.78 is 5.05. The number of rotatable bonds is 5. The standard InChI is InChI=1S/C17H17N3O3/c1-12(21)16(20-19-14-6-4-3-5-7-14)17(22)18-13-8-10-15(23-2)11-9-13/h3-11,21H,1-2H3,(H,18,22)/b16-12+,20-19?. The molecule has 0 bridgehead atoms. The Morgan fingerprint density at radius 1 is 1.09 bits per heavy atom.